The van der Waals surface area contributed by atoms with E-state index in [1.807, 2.05) is 0 Å². The van der Waals surface area contributed by atoms with Crippen molar-refractivity contribution in [3.63, 3.8) is 0 Å². The molecule has 1 aliphatic carbocycles. The van der Waals surface area contributed by atoms with E-state index in [1.165, 1.54) is 4.31 Å². The van der Waals surface area contributed by atoms with Gasteiger partial charge < -0.3 is 4.74 Å². The largest absolute Gasteiger partial charge is 0.379 e. The lowest BCUT2D eigenvalue weighted by molar-refractivity contribution is 0.0724. The number of ether oxygens (including phenoxy) is 1. The summed E-state index contributed by atoms with van der Waals surface area (Å²) in [6.45, 7) is 2.27. The topological polar surface area (TPSA) is 58.6 Å². The first-order valence-electron chi connectivity index (χ1n) is 5.46. The minimum absolute atomic E-state index is 0.0148. The van der Waals surface area contributed by atoms with Gasteiger partial charge in [0.2, 0.25) is 0 Å². The van der Waals surface area contributed by atoms with Crippen LogP contribution < -0.4 is 4.72 Å². The van der Waals surface area contributed by atoms with Crippen LogP contribution in [0.3, 0.4) is 0 Å². The molecule has 7 heteroatoms. The molecule has 0 aromatic carbocycles. The van der Waals surface area contributed by atoms with Crippen LogP contribution >= 0.6 is 11.6 Å². The van der Waals surface area contributed by atoms with Crippen molar-refractivity contribution < 1.29 is 13.2 Å². The molecule has 0 unspecified atom stereocenters. The molecule has 2 rings (SSSR count). The fraction of sp³-hybridized carbons (Fsp3) is 1.00. The van der Waals surface area contributed by atoms with Gasteiger partial charge in [-0.3, -0.25) is 0 Å². The number of hydrogen-bond donors (Lipinski definition) is 1. The van der Waals surface area contributed by atoms with Gasteiger partial charge in [0.1, 0.15) is 0 Å². The first-order valence-corrected chi connectivity index (χ1v) is 7.44. The first-order chi connectivity index (χ1) is 7.58. The van der Waals surface area contributed by atoms with E-state index in [0.717, 1.165) is 12.8 Å². The van der Waals surface area contributed by atoms with E-state index in [-0.39, 0.29) is 5.41 Å². The number of nitrogens with one attached hydrogen (secondary N) is 1. The van der Waals surface area contributed by atoms with Crippen molar-refractivity contribution in [3.8, 4) is 0 Å². The molecule has 5 nitrogen and oxygen atoms in total. The van der Waals surface area contributed by atoms with Gasteiger partial charge in [0.15, 0.2) is 0 Å². The highest BCUT2D eigenvalue weighted by Gasteiger charge is 2.42. The summed E-state index contributed by atoms with van der Waals surface area (Å²) < 4.78 is 33.0. The summed E-state index contributed by atoms with van der Waals surface area (Å²) in [6.07, 6.45) is 2.03. The third-order valence-corrected chi connectivity index (χ3v) is 5.30. The van der Waals surface area contributed by atoms with Gasteiger partial charge in [-0.2, -0.15) is 12.7 Å². The lowest BCUT2D eigenvalue weighted by Gasteiger charge is -2.26. The lowest BCUT2D eigenvalue weighted by Crippen LogP contribution is -2.48. The second-order valence-corrected chi connectivity index (χ2v) is 6.49. The fourth-order valence-electron chi connectivity index (χ4n) is 1.66. The van der Waals surface area contributed by atoms with Gasteiger partial charge >= 0.3 is 0 Å². The molecule has 0 radical (unpaired) electrons. The molecular weight excluding hydrogens is 252 g/mol. The second-order valence-electron chi connectivity index (χ2n) is 4.47. The van der Waals surface area contributed by atoms with Gasteiger partial charge in [0.05, 0.1) is 13.2 Å². The number of rotatable bonds is 5. The first kappa shape index (κ1) is 12.6. The quantitative estimate of drug-likeness (QED) is 0.724. The molecule has 1 heterocycles. The van der Waals surface area contributed by atoms with Crippen LogP contribution in [0.5, 0.6) is 0 Å². The number of alkyl halides is 1. The summed E-state index contributed by atoms with van der Waals surface area (Å²) >= 11 is 5.80. The molecule has 1 saturated carbocycles. The predicted octanol–water partition coefficient (Wildman–Crippen LogP) is 0.172. The summed E-state index contributed by atoms with van der Waals surface area (Å²) in [7, 11) is -3.34. The Morgan fingerprint density at radius 1 is 1.31 bits per heavy atom. The number of nitrogens with zero attached hydrogens (tertiary/aromatic N) is 1. The molecule has 94 valence electrons. The normalized spacial score (nSPS) is 25.6. The van der Waals surface area contributed by atoms with Crippen LogP contribution in [-0.4, -0.2) is 51.5 Å². The summed E-state index contributed by atoms with van der Waals surface area (Å²) in [5.74, 6) is 0.526. The fourth-order valence-corrected chi connectivity index (χ4v) is 3.32. The van der Waals surface area contributed by atoms with Gasteiger partial charge in [-0.1, -0.05) is 0 Å². The highest BCUT2D eigenvalue weighted by molar-refractivity contribution is 7.87. The zero-order valence-corrected chi connectivity index (χ0v) is 10.7. The number of hydrogen-bond acceptors (Lipinski definition) is 3. The van der Waals surface area contributed by atoms with E-state index in [4.69, 9.17) is 16.3 Å². The van der Waals surface area contributed by atoms with E-state index in [9.17, 15) is 8.42 Å². The van der Waals surface area contributed by atoms with E-state index in [0.29, 0.717) is 38.7 Å². The SMILES string of the molecule is O=S(=O)(NCC1(CCl)CC1)N1CCOCC1. The molecule has 0 spiro atoms. The average molecular weight is 269 g/mol. The maximum absolute atomic E-state index is 11.9. The van der Waals surface area contributed by atoms with Crippen LogP contribution in [0.2, 0.25) is 0 Å². The van der Waals surface area contributed by atoms with E-state index in [1.54, 1.807) is 0 Å². The monoisotopic (exact) mass is 268 g/mol. The molecule has 1 N–H and O–H groups in total. The van der Waals surface area contributed by atoms with Gasteiger partial charge in [-0.05, 0) is 18.3 Å². The molecule has 2 fully saturated rings. The predicted molar refractivity (Wildman–Crippen MR) is 61.7 cm³/mol. The highest BCUT2D eigenvalue weighted by Crippen LogP contribution is 2.45. The van der Waals surface area contributed by atoms with Crippen molar-refractivity contribution >= 4 is 21.8 Å². The molecule has 0 atom stereocenters. The maximum Gasteiger partial charge on any atom is 0.279 e. The summed E-state index contributed by atoms with van der Waals surface area (Å²) in [5, 5.41) is 0. The lowest BCUT2D eigenvalue weighted by atomic mass is 10.1. The van der Waals surface area contributed by atoms with Crippen molar-refractivity contribution in [2.75, 3.05) is 38.7 Å². The Morgan fingerprint density at radius 3 is 2.44 bits per heavy atom. The van der Waals surface area contributed by atoms with Crippen molar-refractivity contribution in [1.29, 1.82) is 0 Å². The molecule has 0 amide bonds. The van der Waals surface area contributed by atoms with Crippen molar-refractivity contribution in [2.45, 2.75) is 12.8 Å². The number of morpholine rings is 1. The molecular formula is C9H17ClN2O3S. The molecule has 0 bridgehead atoms. The van der Waals surface area contributed by atoms with Crippen LogP contribution in [0.4, 0.5) is 0 Å². The molecule has 1 aliphatic heterocycles. The summed E-state index contributed by atoms with van der Waals surface area (Å²) in [4.78, 5) is 0. The Kier molecular flexibility index (Phi) is 3.75. The maximum atomic E-state index is 11.9. The zero-order valence-electron chi connectivity index (χ0n) is 9.12. The van der Waals surface area contributed by atoms with Crippen LogP contribution in [0, 0.1) is 5.41 Å². The van der Waals surface area contributed by atoms with Crippen LogP contribution in [0.15, 0.2) is 0 Å². The second kappa shape index (κ2) is 4.78. The Morgan fingerprint density at radius 2 is 1.94 bits per heavy atom. The van der Waals surface area contributed by atoms with E-state index >= 15 is 0 Å². The van der Waals surface area contributed by atoms with Crippen LogP contribution in [0.1, 0.15) is 12.8 Å². The Bertz CT molecular complexity index is 337. The third-order valence-electron chi connectivity index (χ3n) is 3.18. The van der Waals surface area contributed by atoms with Crippen molar-refractivity contribution in [3.05, 3.63) is 0 Å². The summed E-state index contributed by atoms with van der Waals surface area (Å²) in [5.41, 5.74) is 0.0148. The smallest absolute Gasteiger partial charge is 0.279 e. The Labute approximate surface area is 101 Å². The van der Waals surface area contributed by atoms with Gasteiger partial charge in [-0.15, -0.1) is 11.6 Å². The van der Waals surface area contributed by atoms with Crippen LogP contribution in [0.25, 0.3) is 0 Å². The van der Waals surface area contributed by atoms with Gasteiger partial charge in [-0.25, -0.2) is 4.72 Å². The van der Waals surface area contributed by atoms with Crippen molar-refractivity contribution in [2.24, 2.45) is 5.41 Å². The Hall–Kier alpha value is 0.120. The van der Waals surface area contributed by atoms with Crippen molar-refractivity contribution in [1.82, 2.24) is 9.03 Å². The van der Waals surface area contributed by atoms with E-state index < -0.39 is 10.2 Å². The highest BCUT2D eigenvalue weighted by atomic mass is 35.5. The standard InChI is InChI=1S/C9H17ClN2O3S/c10-7-9(1-2-9)8-11-16(13,14)12-3-5-15-6-4-12/h11H,1-8H2. The minimum atomic E-state index is -3.34. The van der Waals surface area contributed by atoms with Crippen LogP contribution in [-0.2, 0) is 14.9 Å². The molecule has 1 saturated heterocycles. The number of halogens is 1. The molecule has 0 aromatic heterocycles. The van der Waals surface area contributed by atoms with Gasteiger partial charge in [0, 0.05) is 25.5 Å². The molecule has 0 aromatic rings. The van der Waals surface area contributed by atoms with E-state index in [2.05, 4.69) is 4.72 Å². The average Bonchev–Trinajstić information content (AvgIpc) is 3.09. The summed E-state index contributed by atoms with van der Waals surface area (Å²) in [6, 6.07) is 0. The Balaban J connectivity index is 1.87. The van der Waals surface area contributed by atoms with Gasteiger partial charge in [0.25, 0.3) is 10.2 Å². The molecule has 16 heavy (non-hydrogen) atoms. The third kappa shape index (κ3) is 2.87. The molecule has 2 aliphatic rings. The minimum Gasteiger partial charge on any atom is -0.379 e. The zero-order chi connectivity index (χ0) is 11.6.